The molecular weight excluding hydrogens is 467 g/mol. The molecule has 8 heteroatoms. The fourth-order valence-corrected chi connectivity index (χ4v) is 5.04. The van der Waals surface area contributed by atoms with Gasteiger partial charge in [-0.05, 0) is 72.9 Å². The molecule has 3 rings (SSSR count). The van der Waals surface area contributed by atoms with E-state index in [0.717, 1.165) is 35.1 Å². The number of nitrogens with one attached hydrogen (secondary N) is 2. The summed E-state index contributed by atoms with van der Waals surface area (Å²) in [6.07, 6.45) is 8.82. The summed E-state index contributed by atoms with van der Waals surface area (Å²) < 4.78 is 0. The van der Waals surface area contributed by atoms with Gasteiger partial charge in [0.1, 0.15) is 0 Å². The minimum absolute atomic E-state index is 0. The summed E-state index contributed by atoms with van der Waals surface area (Å²) in [4.78, 5) is 37.2. The summed E-state index contributed by atoms with van der Waals surface area (Å²) >= 11 is 1.52. The van der Waals surface area contributed by atoms with Crippen LogP contribution in [0, 0.1) is 6.92 Å². The van der Waals surface area contributed by atoms with Crippen LogP contribution in [-0.2, 0) is 16.0 Å². The molecule has 0 spiro atoms. The quantitative estimate of drug-likeness (QED) is 0.440. The minimum atomic E-state index is -1.29. The molecule has 0 aliphatic heterocycles. The van der Waals surface area contributed by atoms with Crippen LogP contribution < -0.4 is 34.6 Å². The Morgan fingerprint density at radius 3 is 2.44 bits per heavy atom. The Bertz CT molecular complexity index is 1040. The topological polar surface area (TPSA) is 98.3 Å². The third-order valence-corrected chi connectivity index (χ3v) is 7.22. The Kier molecular flexibility index (Phi) is 12.6. The van der Waals surface area contributed by atoms with Crippen LogP contribution in [0.15, 0.2) is 42.5 Å². The zero-order valence-corrected chi connectivity index (χ0v) is 22.4. The van der Waals surface area contributed by atoms with Crippen molar-refractivity contribution >= 4 is 29.5 Å². The predicted molar refractivity (Wildman–Crippen MR) is 139 cm³/mol. The van der Waals surface area contributed by atoms with E-state index < -0.39 is 17.9 Å². The molecule has 36 heavy (non-hydrogen) atoms. The van der Waals surface area contributed by atoms with Crippen LogP contribution in [0.25, 0.3) is 11.1 Å². The van der Waals surface area contributed by atoms with E-state index >= 15 is 0 Å². The van der Waals surface area contributed by atoms with E-state index in [1.54, 1.807) is 6.07 Å². The Labute approximate surface area is 230 Å². The van der Waals surface area contributed by atoms with Crippen molar-refractivity contribution < 1.29 is 38.4 Å². The number of hydrogen-bond donors (Lipinski definition) is 2. The molecule has 0 aromatic heterocycles. The van der Waals surface area contributed by atoms with E-state index in [1.807, 2.05) is 49.6 Å². The number of benzene rings is 2. The fraction of sp³-hybridized carbons (Fsp3) is 0.464. The molecule has 2 aromatic rings. The van der Waals surface area contributed by atoms with Crippen molar-refractivity contribution in [2.24, 2.45) is 0 Å². The van der Waals surface area contributed by atoms with Crippen molar-refractivity contribution in [2.75, 3.05) is 12.0 Å². The van der Waals surface area contributed by atoms with Gasteiger partial charge in [0.2, 0.25) is 5.91 Å². The molecule has 0 radical (unpaired) electrons. The number of carbonyl (C=O) groups excluding carboxylic acids is 3. The standard InChI is InChI=1S/C28H36N2O4S.Li/c1-19-8-6-7-11-22(19)24-18-20(13-15-26(31)29-21-9-4-3-5-10-21)12-14-23(24)27(32)30-25(28(33)34)16-17-35-2;/h6-8,11-12,14,18,21,25H,3-5,9-10,13,15-17H2,1-2H3,(H,29,31)(H,30,32)(H,33,34);/q;+1/p-1. The summed E-state index contributed by atoms with van der Waals surface area (Å²) in [5.41, 5.74) is 4.00. The first-order valence-corrected chi connectivity index (χ1v) is 13.8. The SMILES string of the molecule is CSCCC(NC(=O)c1ccc(CCC(=O)NC2CCCCC2)cc1-c1ccccc1C)C(=O)[O-].[Li+]. The van der Waals surface area contributed by atoms with Crippen LogP contribution in [0.1, 0.15) is 66.4 Å². The van der Waals surface area contributed by atoms with Gasteiger partial charge >= 0.3 is 18.9 Å². The monoisotopic (exact) mass is 502 g/mol. The number of carboxylic acids is 1. The normalized spacial score (nSPS) is 14.4. The molecule has 0 bridgehead atoms. The van der Waals surface area contributed by atoms with Crippen LogP contribution >= 0.6 is 11.8 Å². The number of aliphatic carboxylic acids is 1. The van der Waals surface area contributed by atoms with Crippen LogP contribution in [0.3, 0.4) is 0 Å². The van der Waals surface area contributed by atoms with Crippen LogP contribution in [-0.4, -0.2) is 41.9 Å². The Hall–Kier alpha value is -2.20. The van der Waals surface area contributed by atoms with E-state index in [9.17, 15) is 19.5 Å². The van der Waals surface area contributed by atoms with Crippen molar-refractivity contribution in [1.29, 1.82) is 0 Å². The average Bonchev–Trinajstić information content (AvgIpc) is 2.85. The Morgan fingerprint density at radius 1 is 1.06 bits per heavy atom. The zero-order chi connectivity index (χ0) is 25.2. The van der Waals surface area contributed by atoms with E-state index in [0.29, 0.717) is 30.6 Å². The number of hydrogen-bond acceptors (Lipinski definition) is 5. The molecule has 2 N–H and O–H groups in total. The third kappa shape index (κ3) is 8.72. The van der Waals surface area contributed by atoms with Crippen LogP contribution in [0.4, 0.5) is 0 Å². The van der Waals surface area contributed by atoms with Gasteiger partial charge in [-0.15, -0.1) is 0 Å². The summed E-state index contributed by atoms with van der Waals surface area (Å²) in [6, 6.07) is 12.5. The van der Waals surface area contributed by atoms with Gasteiger partial charge in [0.15, 0.2) is 0 Å². The summed E-state index contributed by atoms with van der Waals surface area (Å²) in [5.74, 6) is -1.07. The van der Waals surface area contributed by atoms with Crippen molar-refractivity contribution in [3.8, 4) is 11.1 Å². The second-order valence-electron chi connectivity index (χ2n) is 9.22. The van der Waals surface area contributed by atoms with E-state index in [1.165, 1.54) is 31.0 Å². The molecule has 1 aliphatic carbocycles. The predicted octanol–water partition coefficient (Wildman–Crippen LogP) is 0.649. The van der Waals surface area contributed by atoms with Crippen molar-refractivity contribution in [2.45, 2.75) is 70.4 Å². The summed E-state index contributed by atoms with van der Waals surface area (Å²) in [7, 11) is 0. The first-order chi connectivity index (χ1) is 16.9. The molecule has 6 nitrogen and oxygen atoms in total. The first-order valence-electron chi connectivity index (χ1n) is 12.4. The van der Waals surface area contributed by atoms with Gasteiger partial charge in [-0.25, -0.2) is 0 Å². The van der Waals surface area contributed by atoms with Gasteiger partial charge in [0.05, 0.1) is 12.0 Å². The number of rotatable bonds is 11. The summed E-state index contributed by atoms with van der Waals surface area (Å²) in [5, 5.41) is 17.3. The Morgan fingerprint density at radius 2 is 1.78 bits per heavy atom. The molecule has 1 atom stereocenters. The molecule has 0 heterocycles. The van der Waals surface area contributed by atoms with Crippen LogP contribution in [0.2, 0.25) is 0 Å². The molecule has 2 amide bonds. The molecule has 2 aromatic carbocycles. The molecule has 1 aliphatic rings. The maximum absolute atomic E-state index is 13.2. The van der Waals surface area contributed by atoms with E-state index in [4.69, 9.17) is 0 Å². The number of carbonyl (C=O) groups is 3. The van der Waals surface area contributed by atoms with Gasteiger partial charge < -0.3 is 20.5 Å². The van der Waals surface area contributed by atoms with E-state index in [-0.39, 0.29) is 30.8 Å². The first kappa shape index (κ1) is 30.0. The van der Waals surface area contributed by atoms with Gasteiger partial charge in [-0.3, -0.25) is 9.59 Å². The molecular formula is C28H35LiN2O4S. The number of amides is 2. The van der Waals surface area contributed by atoms with Gasteiger partial charge in [0.25, 0.3) is 5.91 Å². The minimum Gasteiger partial charge on any atom is -0.548 e. The van der Waals surface area contributed by atoms with Crippen molar-refractivity contribution in [3.05, 3.63) is 59.2 Å². The smallest absolute Gasteiger partial charge is 0.548 e. The molecule has 1 unspecified atom stereocenters. The molecule has 188 valence electrons. The zero-order valence-electron chi connectivity index (χ0n) is 21.6. The van der Waals surface area contributed by atoms with Gasteiger partial charge in [0, 0.05) is 18.0 Å². The average molecular weight is 503 g/mol. The number of aryl methyl sites for hydroxylation is 2. The van der Waals surface area contributed by atoms with Gasteiger partial charge in [-0.1, -0.05) is 55.7 Å². The molecule has 1 saturated carbocycles. The van der Waals surface area contributed by atoms with Gasteiger partial charge in [-0.2, -0.15) is 11.8 Å². The van der Waals surface area contributed by atoms with Crippen molar-refractivity contribution in [3.63, 3.8) is 0 Å². The second kappa shape index (κ2) is 15.1. The second-order valence-corrected chi connectivity index (χ2v) is 10.2. The number of thioether (sulfide) groups is 1. The van der Waals surface area contributed by atoms with Crippen molar-refractivity contribution in [1.82, 2.24) is 10.6 Å². The maximum atomic E-state index is 13.2. The molecule has 1 fully saturated rings. The number of carboxylic acid groups (broad SMARTS) is 1. The maximum Gasteiger partial charge on any atom is 1.00 e. The van der Waals surface area contributed by atoms with Crippen LogP contribution in [0.5, 0.6) is 0 Å². The Balaban J connectivity index is 0.00000456. The van der Waals surface area contributed by atoms with E-state index in [2.05, 4.69) is 10.6 Å². The largest absolute Gasteiger partial charge is 1.00 e. The summed E-state index contributed by atoms with van der Waals surface area (Å²) in [6.45, 7) is 1.98. The fourth-order valence-electron chi connectivity index (χ4n) is 4.57. The molecule has 0 saturated heterocycles. The third-order valence-electron chi connectivity index (χ3n) is 6.58.